The van der Waals surface area contributed by atoms with E-state index in [0.717, 1.165) is 17.7 Å². The molecule has 0 spiro atoms. The van der Waals surface area contributed by atoms with E-state index in [1.807, 2.05) is 12.1 Å². The third kappa shape index (κ3) is 4.83. The molecule has 0 aliphatic carbocycles. The Morgan fingerprint density at radius 2 is 1.71 bits per heavy atom. The number of aromatic amines is 1. The fourth-order valence-electron chi connectivity index (χ4n) is 2.96. The maximum absolute atomic E-state index is 12.9. The first kappa shape index (κ1) is 20.4. The highest BCUT2D eigenvalue weighted by atomic mass is 19.4. The fourth-order valence-corrected chi connectivity index (χ4v) is 2.96. The van der Waals surface area contributed by atoms with Crippen LogP contribution in [0.5, 0.6) is 0 Å². The molecule has 0 atom stereocenters. The molecular formula is C20H18F3N7O. The van der Waals surface area contributed by atoms with Crippen LogP contribution in [0.2, 0.25) is 0 Å². The molecule has 0 unspecified atom stereocenters. The summed E-state index contributed by atoms with van der Waals surface area (Å²) in [5, 5.41) is 15.0. The van der Waals surface area contributed by atoms with Gasteiger partial charge in [0.05, 0.1) is 17.6 Å². The molecule has 0 radical (unpaired) electrons. The second-order valence-electron chi connectivity index (χ2n) is 6.71. The highest BCUT2D eigenvalue weighted by Crippen LogP contribution is 2.29. The third-order valence-corrected chi connectivity index (χ3v) is 4.53. The Labute approximate surface area is 174 Å². The van der Waals surface area contributed by atoms with E-state index in [9.17, 15) is 13.2 Å². The predicted octanol–water partition coefficient (Wildman–Crippen LogP) is 4.40. The van der Waals surface area contributed by atoms with Crippen LogP contribution in [0, 0.1) is 0 Å². The van der Waals surface area contributed by atoms with Crippen LogP contribution in [0.1, 0.15) is 16.7 Å². The van der Waals surface area contributed by atoms with Crippen molar-refractivity contribution in [2.45, 2.75) is 19.3 Å². The van der Waals surface area contributed by atoms with E-state index in [0.29, 0.717) is 34.8 Å². The van der Waals surface area contributed by atoms with Gasteiger partial charge in [-0.2, -0.15) is 23.1 Å². The molecule has 8 nitrogen and oxygen atoms in total. The summed E-state index contributed by atoms with van der Waals surface area (Å²) >= 11 is 0. The van der Waals surface area contributed by atoms with Crippen LogP contribution in [-0.2, 0) is 19.3 Å². The van der Waals surface area contributed by atoms with Gasteiger partial charge in [0, 0.05) is 13.1 Å². The molecule has 4 rings (SSSR count). The van der Waals surface area contributed by atoms with Crippen LogP contribution in [0.4, 0.5) is 30.6 Å². The second kappa shape index (κ2) is 8.48. The summed E-state index contributed by atoms with van der Waals surface area (Å²) in [6.07, 6.45) is -2.91. The smallest absolute Gasteiger partial charge is 0.364 e. The summed E-state index contributed by atoms with van der Waals surface area (Å²) < 4.78 is 38.7. The Morgan fingerprint density at radius 3 is 2.45 bits per heavy atom. The van der Waals surface area contributed by atoms with Crippen molar-refractivity contribution >= 4 is 28.6 Å². The van der Waals surface area contributed by atoms with Crippen molar-refractivity contribution in [3.63, 3.8) is 0 Å². The minimum absolute atomic E-state index is 0.120. The number of nitrogens with one attached hydrogen (secondary N) is 4. The van der Waals surface area contributed by atoms with Crippen molar-refractivity contribution in [3.05, 3.63) is 71.5 Å². The van der Waals surface area contributed by atoms with Gasteiger partial charge in [-0.25, -0.2) is 4.98 Å². The van der Waals surface area contributed by atoms with Gasteiger partial charge in [-0.15, -0.1) is 0 Å². The number of aromatic nitrogens is 4. The average molecular weight is 429 g/mol. The lowest BCUT2D eigenvalue weighted by Crippen LogP contribution is -2.09. The number of alkyl halides is 3. The summed E-state index contributed by atoms with van der Waals surface area (Å²) in [5.74, 6) is 0.734. The van der Waals surface area contributed by atoms with Crippen LogP contribution < -0.4 is 16.1 Å². The number of nitrogens with zero attached hydrogens (tertiary/aromatic N) is 3. The summed E-state index contributed by atoms with van der Waals surface area (Å²) in [7, 11) is 0. The number of benzene rings is 2. The fraction of sp³-hybridized carbons (Fsp3) is 0.150. The van der Waals surface area contributed by atoms with Crippen LogP contribution >= 0.6 is 0 Å². The molecule has 0 fully saturated rings. The lowest BCUT2D eigenvalue weighted by Gasteiger charge is -2.11. The van der Waals surface area contributed by atoms with E-state index >= 15 is 0 Å². The van der Waals surface area contributed by atoms with Crippen LogP contribution in [-0.4, -0.2) is 25.1 Å². The maximum atomic E-state index is 12.9. The molecule has 4 aromatic rings. The molecule has 31 heavy (non-hydrogen) atoms. The third-order valence-electron chi connectivity index (χ3n) is 4.53. The number of hydrogen-bond donors (Lipinski definition) is 5. The summed E-state index contributed by atoms with van der Waals surface area (Å²) in [6.45, 7) is 0.568. The standard InChI is InChI=1S/C20H18F3N7O/c21-20(22,23)14-3-1-2-13(8-14)10-25-19-28-17(16-18(29-19)27-11-26-16)24-9-12-4-6-15(30-31)7-5-12/h1-8,11,30-31H,9-10H2,(H3,24,25,26,27,28,29). The first-order valence-corrected chi connectivity index (χ1v) is 9.26. The average Bonchev–Trinajstić information content (AvgIpc) is 3.25. The van der Waals surface area contributed by atoms with Gasteiger partial charge < -0.3 is 15.6 Å². The first-order valence-electron chi connectivity index (χ1n) is 9.26. The van der Waals surface area contributed by atoms with Crippen molar-refractivity contribution in [1.82, 2.24) is 19.9 Å². The maximum Gasteiger partial charge on any atom is 0.416 e. The Bertz CT molecular complexity index is 1180. The minimum atomic E-state index is -4.40. The molecule has 5 N–H and O–H groups in total. The number of anilines is 3. The number of rotatable bonds is 7. The van der Waals surface area contributed by atoms with Crippen molar-refractivity contribution in [1.29, 1.82) is 0 Å². The number of halogens is 3. The summed E-state index contributed by atoms with van der Waals surface area (Å²) in [6, 6.07) is 12.2. The quantitative estimate of drug-likeness (QED) is 0.277. The van der Waals surface area contributed by atoms with Crippen molar-refractivity contribution in [2.24, 2.45) is 0 Å². The highest BCUT2D eigenvalue weighted by Gasteiger charge is 2.30. The zero-order chi connectivity index (χ0) is 21.8. The molecule has 0 saturated heterocycles. The van der Waals surface area contributed by atoms with E-state index < -0.39 is 11.7 Å². The van der Waals surface area contributed by atoms with Gasteiger partial charge in [0.1, 0.15) is 5.52 Å². The van der Waals surface area contributed by atoms with Gasteiger partial charge in [0.2, 0.25) is 5.95 Å². The van der Waals surface area contributed by atoms with Gasteiger partial charge in [-0.3, -0.25) is 10.7 Å². The van der Waals surface area contributed by atoms with Crippen LogP contribution in [0.3, 0.4) is 0 Å². The van der Waals surface area contributed by atoms with Gasteiger partial charge in [-0.05, 0) is 35.4 Å². The van der Waals surface area contributed by atoms with Gasteiger partial charge in [0.15, 0.2) is 11.5 Å². The molecule has 11 heteroatoms. The zero-order valence-corrected chi connectivity index (χ0v) is 16.0. The largest absolute Gasteiger partial charge is 0.416 e. The van der Waals surface area contributed by atoms with Crippen molar-refractivity contribution < 1.29 is 18.4 Å². The second-order valence-corrected chi connectivity index (χ2v) is 6.71. The number of imidazole rings is 1. The number of hydrogen-bond acceptors (Lipinski definition) is 7. The monoisotopic (exact) mass is 429 g/mol. The van der Waals surface area contributed by atoms with E-state index in [1.165, 1.54) is 12.4 Å². The Hall–Kier alpha value is -3.86. The van der Waals surface area contributed by atoms with Crippen LogP contribution in [0.15, 0.2) is 54.9 Å². The lowest BCUT2D eigenvalue weighted by molar-refractivity contribution is -0.137. The zero-order valence-electron chi connectivity index (χ0n) is 16.0. The predicted molar refractivity (Wildman–Crippen MR) is 110 cm³/mol. The first-order chi connectivity index (χ1) is 14.9. The molecule has 160 valence electrons. The van der Waals surface area contributed by atoms with E-state index in [-0.39, 0.29) is 12.5 Å². The molecule has 0 amide bonds. The normalized spacial score (nSPS) is 11.5. The molecule has 2 heterocycles. The van der Waals surface area contributed by atoms with Gasteiger partial charge >= 0.3 is 6.18 Å². The summed E-state index contributed by atoms with van der Waals surface area (Å²) in [4.78, 5) is 15.8. The number of fused-ring (bicyclic) bond motifs is 1. The van der Waals surface area contributed by atoms with Crippen molar-refractivity contribution in [3.8, 4) is 0 Å². The topological polar surface area (TPSA) is 111 Å². The molecule has 0 aliphatic heterocycles. The molecule has 2 aromatic carbocycles. The molecule has 0 aliphatic rings. The highest BCUT2D eigenvalue weighted by molar-refractivity contribution is 5.83. The molecular weight excluding hydrogens is 411 g/mol. The SMILES string of the molecule is ONc1ccc(CNc2nc(NCc3cccc(C(F)(F)F)c3)nc3nc[nH]c23)cc1. The van der Waals surface area contributed by atoms with E-state index in [2.05, 4.69) is 36.0 Å². The Kier molecular flexibility index (Phi) is 5.58. The van der Waals surface area contributed by atoms with E-state index in [1.54, 1.807) is 18.2 Å². The summed E-state index contributed by atoms with van der Waals surface area (Å²) in [5.41, 5.74) is 4.36. The lowest BCUT2D eigenvalue weighted by atomic mass is 10.1. The van der Waals surface area contributed by atoms with Crippen LogP contribution in [0.25, 0.3) is 11.2 Å². The van der Waals surface area contributed by atoms with Gasteiger partial charge in [-0.1, -0.05) is 24.3 Å². The Balaban J connectivity index is 1.50. The molecule has 2 aromatic heterocycles. The van der Waals surface area contributed by atoms with Gasteiger partial charge in [0.25, 0.3) is 0 Å². The van der Waals surface area contributed by atoms with Crippen molar-refractivity contribution in [2.75, 3.05) is 16.1 Å². The minimum Gasteiger partial charge on any atom is -0.364 e. The molecule has 0 bridgehead atoms. The molecule has 0 saturated carbocycles. The number of H-pyrrole nitrogens is 1. The Morgan fingerprint density at radius 1 is 0.935 bits per heavy atom. The van der Waals surface area contributed by atoms with E-state index in [4.69, 9.17) is 5.21 Å².